The van der Waals surface area contributed by atoms with Crippen LogP contribution in [0.2, 0.25) is 0 Å². The largest absolute Gasteiger partial charge is 0.362 e. The highest BCUT2D eigenvalue weighted by atomic mass is 32.2. The van der Waals surface area contributed by atoms with Gasteiger partial charge in [0.1, 0.15) is 6.04 Å². The van der Waals surface area contributed by atoms with Crippen LogP contribution in [-0.2, 0) is 4.79 Å². The summed E-state index contributed by atoms with van der Waals surface area (Å²) in [5, 5.41) is 5.35. The van der Waals surface area contributed by atoms with E-state index in [1.165, 1.54) is 22.3 Å². The maximum atomic E-state index is 12.3. The lowest BCUT2D eigenvalue weighted by atomic mass is 10.0. The fourth-order valence-corrected chi connectivity index (χ4v) is 4.63. The Bertz CT molecular complexity index is 836. The molecule has 4 N–H and O–H groups in total. The standard InChI is InChI=1S/C28H46N4O2S/c1-21(2)10-6-11-22(3)12-7-13-23(4)14-8-15-24(5)17-19-35-20-25(27(33)32-28(29)34)31-26-16-9-18-30-26/h10,12,14,17,25H,6-9,11,13,15-16,18-20H2,1-5H3,(H,30,31)(H3,29,32,33,34). The normalized spacial score (nSPS) is 15.5. The summed E-state index contributed by atoms with van der Waals surface area (Å²) in [7, 11) is 0. The summed E-state index contributed by atoms with van der Waals surface area (Å²) in [6.07, 6.45) is 17.7. The lowest BCUT2D eigenvalue weighted by molar-refractivity contribution is -0.121. The number of hydrogen-bond donors (Lipinski definition) is 3. The van der Waals surface area contributed by atoms with E-state index in [0.717, 1.165) is 69.5 Å². The third-order valence-electron chi connectivity index (χ3n) is 5.77. The molecular formula is C28H46N4O2S. The third-order valence-corrected chi connectivity index (χ3v) is 6.74. The van der Waals surface area contributed by atoms with Crippen LogP contribution in [-0.4, -0.2) is 41.9 Å². The minimum Gasteiger partial charge on any atom is -0.362 e. The highest BCUT2D eigenvalue weighted by Crippen LogP contribution is 2.15. The van der Waals surface area contributed by atoms with Gasteiger partial charge >= 0.3 is 6.03 Å². The molecule has 1 aliphatic heterocycles. The lowest BCUT2D eigenvalue weighted by Gasteiger charge is -2.18. The number of allylic oxidation sites excluding steroid dienone is 7. The van der Waals surface area contributed by atoms with E-state index in [1.54, 1.807) is 11.8 Å². The molecule has 3 amide bonds. The van der Waals surface area contributed by atoms with Crippen molar-refractivity contribution in [3.63, 3.8) is 0 Å². The molecule has 0 bridgehead atoms. The zero-order valence-electron chi connectivity index (χ0n) is 22.4. The second-order valence-corrected chi connectivity index (χ2v) is 10.6. The number of hydrogen-bond acceptors (Lipinski definition) is 5. The molecule has 0 radical (unpaired) electrons. The number of rotatable bonds is 15. The van der Waals surface area contributed by atoms with Gasteiger partial charge in [-0.05, 0) is 79.6 Å². The number of amidine groups is 1. The van der Waals surface area contributed by atoms with Gasteiger partial charge in [-0.1, -0.05) is 46.6 Å². The molecule has 0 aromatic carbocycles. The minimum atomic E-state index is -0.829. The number of nitrogens with two attached hydrogens (primary N) is 1. The van der Waals surface area contributed by atoms with Crippen LogP contribution in [0.1, 0.15) is 86.0 Å². The fraction of sp³-hybridized carbons (Fsp3) is 0.607. The number of primary amides is 1. The molecule has 6 nitrogen and oxygen atoms in total. The number of amides is 3. The summed E-state index contributed by atoms with van der Waals surface area (Å²) >= 11 is 1.66. The first-order valence-corrected chi connectivity index (χ1v) is 13.9. The van der Waals surface area contributed by atoms with Crippen molar-refractivity contribution in [2.24, 2.45) is 10.7 Å². The highest BCUT2D eigenvalue weighted by Gasteiger charge is 2.21. The number of carbonyl (C=O) groups is 2. The first-order chi connectivity index (χ1) is 16.7. The van der Waals surface area contributed by atoms with Crippen LogP contribution in [0.15, 0.2) is 51.6 Å². The summed E-state index contributed by atoms with van der Waals surface area (Å²) in [5.41, 5.74) is 10.8. The molecule has 0 saturated heterocycles. The molecule has 1 aliphatic rings. The molecule has 1 unspecified atom stereocenters. The van der Waals surface area contributed by atoms with Crippen LogP contribution in [0.4, 0.5) is 4.79 Å². The van der Waals surface area contributed by atoms with E-state index >= 15 is 0 Å². The zero-order valence-corrected chi connectivity index (χ0v) is 23.2. The van der Waals surface area contributed by atoms with Crippen molar-refractivity contribution in [1.29, 1.82) is 0 Å². The van der Waals surface area contributed by atoms with Crippen molar-refractivity contribution in [1.82, 2.24) is 10.6 Å². The van der Waals surface area contributed by atoms with Crippen LogP contribution in [0.5, 0.6) is 0 Å². The lowest BCUT2D eigenvalue weighted by Crippen LogP contribution is -2.50. The molecule has 196 valence electrons. The SMILES string of the molecule is CC(C)=CCCC(C)=CCCC(C)=CCCC(C)=CCSCC(NC1=NCCC1)C(=O)NC(N)=O. The number of carbonyl (C=O) groups excluding carboxylic acids is 2. The maximum Gasteiger partial charge on any atom is 0.318 e. The monoisotopic (exact) mass is 502 g/mol. The van der Waals surface area contributed by atoms with E-state index < -0.39 is 18.0 Å². The van der Waals surface area contributed by atoms with Crippen LogP contribution < -0.4 is 16.4 Å². The van der Waals surface area contributed by atoms with Gasteiger partial charge in [0, 0.05) is 24.5 Å². The average molecular weight is 503 g/mol. The van der Waals surface area contributed by atoms with Gasteiger partial charge in [0.15, 0.2) is 0 Å². The van der Waals surface area contributed by atoms with E-state index in [1.807, 2.05) is 0 Å². The second kappa shape index (κ2) is 18.1. The van der Waals surface area contributed by atoms with Crippen molar-refractivity contribution >= 4 is 29.5 Å². The van der Waals surface area contributed by atoms with Crippen molar-refractivity contribution in [3.05, 3.63) is 46.6 Å². The first kappa shape index (κ1) is 30.8. The Kier molecular flexibility index (Phi) is 15.9. The summed E-state index contributed by atoms with van der Waals surface area (Å²) in [5.74, 6) is 1.79. The molecule has 0 aliphatic carbocycles. The van der Waals surface area contributed by atoms with Crippen molar-refractivity contribution < 1.29 is 9.59 Å². The molecule has 1 rings (SSSR count). The molecular weight excluding hydrogens is 456 g/mol. The summed E-state index contributed by atoms with van der Waals surface area (Å²) in [6, 6.07) is -1.35. The Morgan fingerprint density at radius 1 is 0.943 bits per heavy atom. The Morgan fingerprint density at radius 3 is 2.03 bits per heavy atom. The maximum absolute atomic E-state index is 12.3. The van der Waals surface area contributed by atoms with Crippen LogP contribution >= 0.6 is 11.8 Å². The van der Waals surface area contributed by atoms with Gasteiger partial charge in [-0.15, -0.1) is 0 Å². The molecule has 0 aromatic heterocycles. The number of nitrogens with zero attached hydrogens (tertiary/aromatic N) is 1. The zero-order chi connectivity index (χ0) is 26.1. The number of nitrogens with one attached hydrogen (secondary N) is 2. The van der Waals surface area contributed by atoms with E-state index in [4.69, 9.17) is 5.73 Å². The molecule has 35 heavy (non-hydrogen) atoms. The Balaban J connectivity index is 2.34. The molecule has 1 heterocycles. The second-order valence-electron chi connectivity index (χ2n) is 9.57. The molecule has 0 saturated carbocycles. The Morgan fingerprint density at radius 2 is 1.51 bits per heavy atom. The van der Waals surface area contributed by atoms with Gasteiger partial charge in [0.05, 0.1) is 5.84 Å². The van der Waals surface area contributed by atoms with Crippen LogP contribution in [0.25, 0.3) is 0 Å². The summed E-state index contributed by atoms with van der Waals surface area (Å²) < 4.78 is 0. The number of urea groups is 1. The van der Waals surface area contributed by atoms with Crippen molar-refractivity contribution in [2.75, 3.05) is 18.1 Å². The molecule has 0 fully saturated rings. The van der Waals surface area contributed by atoms with Gasteiger partial charge < -0.3 is 11.1 Å². The molecule has 0 spiro atoms. The Hall–Kier alpha value is -2.28. The van der Waals surface area contributed by atoms with Crippen LogP contribution in [0.3, 0.4) is 0 Å². The first-order valence-electron chi connectivity index (χ1n) is 12.8. The Labute approximate surface area is 217 Å². The number of aliphatic imine (C=N–C) groups is 1. The third kappa shape index (κ3) is 16.1. The van der Waals surface area contributed by atoms with Gasteiger partial charge in [-0.2, -0.15) is 11.8 Å². The predicted octanol–water partition coefficient (Wildman–Crippen LogP) is 6.21. The van der Waals surface area contributed by atoms with Crippen molar-refractivity contribution in [3.8, 4) is 0 Å². The van der Waals surface area contributed by atoms with E-state index in [-0.39, 0.29) is 0 Å². The molecule has 7 heteroatoms. The van der Waals surface area contributed by atoms with E-state index in [0.29, 0.717) is 5.75 Å². The summed E-state index contributed by atoms with van der Waals surface area (Å²) in [4.78, 5) is 27.7. The average Bonchev–Trinajstić information content (AvgIpc) is 3.28. The number of thioether (sulfide) groups is 1. The molecule has 0 aromatic rings. The number of imide groups is 1. The smallest absolute Gasteiger partial charge is 0.318 e. The molecule has 1 atom stereocenters. The highest BCUT2D eigenvalue weighted by molar-refractivity contribution is 7.99. The van der Waals surface area contributed by atoms with Crippen molar-refractivity contribution in [2.45, 2.75) is 92.0 Å². The van der Waals surface area contributed by atoms with Gasteiger partial charge in [-0.25, -0.2) is 4.79 Å². The van der Waals surface area contributed by atoms with Gasteiger partial charge in [-0.3, -0.25) is 15.1 Å². The fourth-order valence-electron chi connectivity index (χ4n) is 3.62. The van der Waals surface area contributed by atoms with E-state index in [9.17, 15) is 9.59 Å². The summed E-state index contributed by atoms with van der Waals surface area (Å²) in [6.45, 7) is 11.7. The van der Waals surface area contributed by atoms with Crippen LogP contribution in [0, 0.1) is 0 Å². The van der Waals surface area contributed by atoms with E-state index in [2.05, 4.69) is 74.5 Å². The quantitative estimate of drug-likeness (QED) is 0.183. The van der Waals surface area contributed by atoms with Gasteiger partial charge in [0.2, 0.25) is 0 Å². The van der Waals surface area contributed by atoms with Gasteiger partial charge in [0.25, 0.3) is 5.91 Å². The predicted molar refractivity (Wildman–Crippen MR) is 152 cm³/mol. The minimum absolute atomic E-state index is 0.404. The topological polar surface area (TPSA) is 96.6 Å².